The molecule has 0 aliphatic rings. The largest absolute Gasteiger partial charge is 0.441 e. The molecule has 0 aliphatic heterocycles. The van der Waals surface area contributed by atoms with E-state index in [-0.39, 0.29) is 5.91 Å². The lowest BCUT2D eigenvalue weighted by Crippen LogP contribution is -2.11. The van der Waals surface area contributed by atoms with E-state index in [1.165, 1.54) is 6.20 Å². The van der Waals surface area contributed by atoms with Crippen LogP contribution in [0, 0.1) is 13.8 Å². The highest BCUT2D eigenvalue weighted by molar-refractivity contribution is 6.29. The highest BCUT2D eigenvalue weighted by Crippen LogP contribution is 2.23. The minimum absolute atomic E-state index is 0.246. The Labute approximate surface area is 138 Å². The van der Waals surface area contributed by atoms with Crippen molar-refractivity contribution in [1.82, 2.24) is 9.97 Å². The number of aromatic nitrogens is 2. The van der Waals surface area contributed by atoms with Gasteiger partial charge < -0.3 is 9.73 Å². The van der Waals surface area contributed by atoms with Gasteiger partial charge in [0.1, 0.15) is 10.9 Å². The number of hydrogen-bond acceptors (Lipinski definition) is 4. The minimum Gasteiger partial charge on any atom is -0.441 e. The topological polar surface area (TPSA) is 68.0 Å². The van der Waals surface area contributed by atoms with E-state index in [1.807, 2.05) is 26.0 Å². The molecule has 1 aromatic carbocycles. The number of aryl methyl sites for hydroxylation is 2. The van der Waals surface area contributed by atoms with Gasteiger partial charge in [0.25, 0.3) is 5.91 Å². The van der Waals surface area contributed by atoms with Gasteiger partial charge in [-0.15, -0.1) is 0 Å². The van der Waals surface area contributed by atoms with Gasteiger partial charge in [-0.2, -0.15) is 0 Å². The van der Waals surface area contributed by atoms with Crippen molar-refractivity contribution in [3.8, 4) is 11.5 Å². The van der Waals surface area contributed by atoms with Gasteiger partial charge in [0.05, 0.1) is 11.3 Å². The number of pyridine rings is 1. The summed E-state index contributed by atoms with van der Waals surface area (Å²) >= 11 is 5.71. The Morgan fingerprint density at radius 2 is 1.87 bits per heavy atom. The number of oxazole rings is 1. The van der Waals surface area contributed by atoms with Crippen LogP contribution < -0.4 is 5.32 Å². The van der Waals surface area contributed by atoms with E-state index in [0.29, 0.717) is 22.3 Å². The standard InChI is InChI=1S/C17H14ClN3O2/c1-10-11(2)23-17(20-10)12-3-6-14(7-4-12)21-16(22)13-5-8-15(18)19-9-13/h3-9H,1-2H3,(H,21,22). The van der Waals surface area contributed by atoms with E-state index in [1.54, 1.807) is 24.3 Å². The first-order valence-corrected chi connectivity index (χ1v) is 7.38. The van der Waals surface area contributed by atoms with Crippen molar-refractivity contribution in [3.63, 3.8) is 0 Å². The van der Waals surface area contributed by atoms with Crippen LogP contribution >= 0.6 is 11.6 Å². The summed E-state index contributed by atoms with van der Waals surface area (Å²) in [7, 11) is 0. The van der Waals surface area contributed by atoms with Crippen LogP contribution in [0.5, 0.6) is 0 Å². The predicted octanol–water partition coefficient (Wildman–Crippen LogP) is 4.26. The maximum Gasteiger partial charge on any atom is 0.257 e. The van der Waals surface area contributed by atoms with Crippen molar-refractivity contribution in [3.05, 3.63) is 64.8 Å². The second kappa shape index (κ2) is 6.22. The third-order valence-corrected chi connectivity index (χ3v) is 3.63. The number of benzene rings is 1. The van der Waals surface area contributed by atoms with E-state index in [4.69, 9.17) is 16.0 Å². The third-order valence-electron chi connectivity index (χ3n) is 3.41. The number of anilines is 1. The molecule has 0 unspecified atom stereocenters. The molecule has 3 rings (SSSR count). The summed E-state index contributed by atoms with van der Waals surface area (Å²) in [4.78, 5) is 20.3. The first kappa shape index (κ1) is 15.2. The lowest BCUT2D eigenvalue weighted by molar-refractivity contribution is 0.102. The highest BCUT2D eigenvalue weighted by Gasteiger charge is 2.10. The summed E-state index contributed by atoms with van der Waals surface area (Å²) in [6, 6.07) is 10.5. The summed E-state index contributed by atoms with van der Waals surface area (Å²) in [5.41, 5.74) is 2.84. The van der Waals surface area contributed by atoms with E-state index in [9.17, 15) is 4.79 Å². The quantitative estimate of drug-likeness (QED) is 0.730. The predicted molar refractivity (Wildman–Crippen MR) is 88.6 cm³/mol. The van der Waals surface area contributed by atoms with E-state index >= 15 is 0 Å². The molecule has 5 nitrogen and oxygen atoms in total. The van der Waals surface area contributed by atoms with Gasteiger partial charge in [-0.05, 0) is 50.2 Å². The van der Waals surface area contributed by atoms with Gasteiger partial charge in [0, 0.05) is 17.4 Å². The van der Waals surface area contributed by atoms with Crippen LogP contribution in [0.1, 0.15) is 21.8 Å². The fraction of sp³-hybridized carbons (Fsp3) is 0.118. The summed E-state index contributed by atoms with van der Waals surface area (Å²) in [5, 5.41) is 3.15. The molecule has 0 radical (unpaired) electrons. The maximum atomic E-state index is 12.1. The summed E-state index contributed by atoms with van der Waals surface area (Å²) < 4.78 is 5.58. The molecule has 1 amide bonds. The fourth-order valence-corrected chi connectivity index (χ4v) is 2.12. The minimum atomic E-state index is -0.246. The molecule has 116 valence electrons. The highest BCUT2D eigenvalue weighted by atomic mass is 35.5. The molecule has 0 fully saturated rings. The first-order valence-electron chi connectivity index (χ1n) is 7.00. The Balaban J connectivity index is 1.74. The molecular formula is C17H14ClN3O2. The molecule has 0 aliphatic carbocycles. The number of nitrogens with zero attached hydrogens (tertiary/aromatic N) is 2. The molecule has 3 aromatic rings. The SMILES string of the molecule is Cc1nc(-c2ccc(NC(=O)c3ccc(Cl)nc3)cc2)oc1C. The van der Waals surface area contributed by atoms with Gasteiger partial charge in [0.15, 0.2) is 0 Å². The Morgan fingerprint density at radius 3 is 2.43 bits per heavy atom. The van der Waals surface area contributed by atoms with Crippen molar-refractivity contribution in [2.75, 3.05) is 5.32 Å². The molecule has 0 saturated heterocycles. The van der Waals surface area contributed by atoms with Crippen LogP contribution in [0.4, 0.5) is 5.69 Å². The van der Waals surface area contributed by atoms with Crippen LogP contribution in [-0.2, 0) is 0 Å². The average molecular weight is 328 g/mol. The first-order chi connectivity index (χ1) is 11.0. The van der Waals surface area contributed by atoms with E-state index < -0.39 is 0 Å². The summed E-state index contributed by atoms with van der Waals surface area (Å²) in [5.74, 6) is 1.12. The van der Waals surface area contributed by atoms with Crippen LogP contribution in [0.15, 0.2) is 47.0 Å². The molecule has 1 N–H and O–H groups in total. The van der Waals surface area contributed by atoms with Gasteiger partial charge >= 0.3 is 0 Å². The molecule has 0 bridgehead atoms. The molecule has 23 heavy (non-hydrogen) atoms. The zero-order valence-corrected chi connectivity index (χ0v) is 13.4. The Kier molecular flexibility index (Phi) is 4.12. The normalized spacial score (nSPS) is 10.6. The molecule has 6 heteroatoms. The van der Waals surface area contributed by atoms with E-state index in [2.05, 4.69) is 15.3 Å². The molecule has 0 spiro atoms. The van der Waals surface area contributed by atoms with Gasteiger partial charge in [0.2, 0.25) is 5.89 Å². The number of hydrogen-bond donors (Lipinski definition) is 1. The van der Waals surface area contributed by atoms with Crippen LogP contribution in [-0.4, -0.2) is 15.9 Å². The van der Waals surface area contributed by atoms with Crippen molar-refractivity contribution in [1.29, 1.82) is 0 Å². The Morgan fingerprint density at radius 1 is 1.13 bits per heavy atom. The number of rotatable bonds is 3. The molecular weight excluding hydrogens is 314 g/mol. The maximum absolute atomic E-state index is 12.1. The van der Waals surface area contributed by atoms with Gasteiger partial charge in [-0.25, -0.2) is 9.97 Å². The number of carbonyl (C=O) groups excluding carboxylic acids is 1. The molecule has 2 heterocycles. The summed E-state index contributed by atoms with van der Waals surface area (Å²) in [6.45, 7) is 3.78. The second-order valence-corrected chi connectivity index (χ2v) is 5.45. The number of nitrogens with one attached hydrogen (secondary N) is 1. The van der Waals surface area contributed by atoms with Gasteiger partial charge in [-0.3, -0.25) is 4.79 Å². The van der Waals surface area contributed by atoms with E-state index in [0.717, 1.165) is 17.0 Å². The van der Waals surface area contributed by atoms with Crippen molar-refractivity contribution < 1.29 is 9.21 Å². The zero-order chi connectivity index (χ0) is 16.4. The van der Waals surface area contributed by atoms with Crippen LogP contribution in [0.2, 0.25) is 5.15 Å². The van der Waals surface area contributed by atoms with Crippen LogP contribution in [0.3, 0.4) is 0 Å². The lowest BCUT2D eigenvalue weighted by atomic mass is 10.2. The van der Waals surface area contributed by atoms with Crippen molar-refractivity contribution in [2.24, 2.45) is 0 Å². The molecule has 2 aromatic heterocycles. The smallest absolute Gasteiger partial charge is 0.257 e. The van der Waals surface area contributed by atoms with Crippen molar-refractivity contribution >= 4 is 23.2 Å². The number of carbonyl (C=O) groups is 1. The molecule has 0 atom stereocenters. The Bertz CT molecular complexity index is 820. The molecule has 0 saturated carbocycles. The average Bonchev–Trinajstić information content (AvgIpc) is 2.88. The fourth-order valence-electron chi connectivity index (χ4n) is 2.01. The number of halogens is 1. The third kappa shape index (κ3) is 3.40. The summed E-state index contributed by atoms with van der Waals surface area (Å²) in [6.07, 6.45) is 1.43. The van der Waals surface area contributed by atoms with Crippen LogP contribution in [0.25, 0.3) is 11.5 Å². The second-order valence-electron chi connectivity index (χ2n) is 5.06. The lowest BCUT2D eigenvalue weighted by Gasteiger charge is -2.05. The zero-order valence-electron chi connectivity index (χ0n) is 12.6. The number of amides is 1. The van der Waals surface area contributed by atoms with Crippen molar-refractivity contribution in [2.45, 2.75) is 13.8 Å². The monoisotopic (exact) mass is 327 g/mol. The van der Waals surface area contributed by atoms with Gasteiger partial charge in [-0.1, -0.05) is 11.6 Å². The Hall–Kier alpha value is -2.66.